The molecular weight excluding hydrogens is 532 g/mol. The number of hydrogen-bond donors (Lipinski definition) is 3. The van der Waals surface area contributed by atoms with Crippen molar-refractivity contribution >= 4 is 17.3 Å². The van der Waals surface area contributed by atoms with Crippen LogP contribution in [0.5, 0.6) is 5.75 Å². The lowest BCUT2D eigenvalue weighted by atomic mass is 10.1. The van der Waals surface area contributed by atoms with Gasteiger partial charge in [-0.05, 0) is 76.4 Å². The van der Waals surface area contributed by atoms with Gasteiger partial charge in [-0.2, -0.15) is 14.6 Å². The Morgan fingerprint density at radius 2 is 1.88 bits per heavy atom. The largest absolute Gasteiger partial charge is 0.490 e. The summed E-state index contributed by atoms with van der Waals surface area (Å²) in [6.07, 6.45) is 11.1. The van der Waals surface area contributed by atoms with E-state index in [9.17, 15) is 4.39 Å². The fourth-order valence-corrected chi connectivity index (χ4v) is 5.27. The van der Waals surface area contributed by atoms with Gasteiger partial charge in [0, 0.05) is 36.7 Å². The predicted molar refractivity (Wildman–Crippen MR) is 153 cm³/mol. The first kappa shape index (κ1) is 28.7. The number of benzene rings is 1. The molecule has 0 bridgehead atoms. The molecule has 0 saturated carbocycles. The standard InChI is InChI=1S/C28H37F2N9O2/c29-25-23(5-6-24(26(25)30)41-12-4-3-11-37-9-1-2-10-37)39(33)28(36-32)22-15-19(16-34-27(22)31)20-17-35-38(18-20)21-7-13-40-14-8-21/h5-6,15-18,21H,1-4,7-14,32-33H2,(H2,31,34)/b36-28-. The van der Waals surface area contributed by atoms with E-state index in [2.05, 4.69) is 20.1 Å². The quantitative estimate of drug-likeness (QED) is 0.110. The second-order valence-corrected chi connectivity index (χ2v) is 10.3. The molecule has 0 unspecified atom stereocenters. The molecule has 11 nitrogen and oxygen atoms in total. The Morgan fingerprint density at radius 1 is 1.10 bits per heavy atom. The Hall–Kier alpha value is -3.81. The van der Waals surface area contributed by atoms with Gasteiger partial charge in [-0.15, -0.1) is 0 Å². The van der Waals surface area contributed by atoms with E-state index in [1.54, 1.807) is 18.5 Å². The number of rotatable bonds is 10. The van der Waals surface area contributed by atoms with E-state index < -0.39 is 11.6 Å². The summed E-state index contributed by atoms with van der Waals surface area (Å²) in [4.78, 5) is 6.66. The highest BCUT2D eigenvalue weighted by Crippen LogP contribution is 2.30. The molecular formula is C28H37F2N9O2. The fourth-order valence-electron chi connectivity index (χ4n) is 5.27. The van der Waals surface area contributed by atoms with E-state index in [4.69, 9.17) is 26.9 Å². The third-order valence-corrected chi connectivity index (χ3v) is 7.62. The van der Waals surface area contributed by atoms with Gasteiger partial charge < -0.3 is 25.9 Å². The molecule has 0 radical (unpaired) electrons. The number of nitrogens with zero attached hydrogens (tertiary/aromatic N) is 6. The van der Waals surface area contributed by atoms with Gasteiger partial charge in [0.2, 0.25) is 5.82 Å². The summed E-state index contributed by atoms with van der Waals surface area (Å²) in [5, 5.41) is 9.09. The fraction of sp³-hybridized carbons (Fsp3) is 0.464. The summed E-state index contributed by atoms with van der Waals surface area (Å²) in [6, 6.07) is 4.59. The van der Waals surface area contributed by atoms with Crippen LogP contribution in [0.25, 0.3) is 11.1 Å². The molecule has 5 rings (SSSR count). The summed E-state index contributed by atoms with van der Waals surface area (Å²) in [5.41, 5.74) is 7.58. The van der Waals surface area contributed by atoms with Crippen molar-refractivity contribution in [3.05, 3.63) is 54.0 Å². The zero-order valence-corrected chi connectivity index (χ0v) is 23.0. The van der Waals surface area contributed by atoms with E-state index in [0.29, 0.717) is 18.8 Å². The van der Waals surface area contributed by atoms with Crippen LogP contribution < -0.4 is 27.2 Å². The number of nitrogen functional groups attached to an aromatic ring is 1. The van der Waals surface area contributed by atoms with Crippen molar-refractivity contribution in [2.75, 3.05) is 50.2 Å². The second kappa shape index (κ2) is 13.2. The molecule has 220 valence electrons. The molecule has 2 aliphatic heterocycles. The Morgan fingerprint density at radius 3 is 2.63 bits per heavy atom. The number of hydrogen-bond acceptors (Lipinski definition) is 9. The number of nitrogens with two attached hydrogens (primary N) is 3. The smallest absolute Gasteiger partial charge is 0.202 e. The Bertz CT molecular complexity index is 1350. The Labute approximate surface area is 237 Å². The molecule has 3 aromatic rings. The summed E-state index contributed by atoms with van der Waals surface area (Å²) >= 11 is 0. The first-order valence-electron chi connectivity index (χ1n) is 14.0. The van der Waals surface area contributed by atoms with Crippen molar-refractivity contribution in [1.82, 2.24) is 19.7 Å². The molecule has 1 aromatic carbocycles. The molecule has 0 amide bonds. The summed E-state index contributed by atoms with van der Waals surface area (Å²) in [5.74, 6) is 9.34. The van der Waals surface area contributed by atoms with Gasteiger partial charge in [-0.3, -0.25) is 9.69 Å². The van der Waals surface area contributed by atoms with Gasteiger partial charge >= 0.3 is 0 Å². The van der Waals surface area contributed by atoms with Crippen LogP contribution in [0.4, 0.5) is 20.3 Å². The maximum Gasteiger partial charge on any atom is 0.202 e. The molecule has 2 saturated heterocycles. The molecule has 2 fully saturated rings. The highest BCUT2D eigenvalue weighted by Gasteiger charge is 2.24. The van der Waals surface area contributed by atoms with Crippen molar-refractivity contribution < 1.29 is 18.3 Å². The van der Waals surface area contributed by atoms with Crippen molar-refractivity contribution in [2.24, 2.45) is 16.8 Å². The molecule has 0 atom stereocenters. The van der Waals surface area contributed by atoms with Crippen LogP contribution in [0.3, 0.4) is 0 Å². The average molecular weight is 570 g/mol. The van der Waals surface area contributed by atoms with E-state index in [1.807, 2.05) is 10.9 Å². The van der Waals surface area contributed by atoms with Crippen LogP contribution in [0.1, 0.15) is 50.1 Å². The van der Waals surface area contributed by atoms with Crippen LogP contribution in [0.2, 0.25) is 0 Å². The highest BCUT2D eigenvalue weighted by molar-refractivity contribution is 6.12. The minimum Gasteiger partial charge on any atom is -0.490 e. The van der Waals surface area contributed by atoms with E-state index in [0.717, 1.165) is 55.9 Å². The van der Waals surface area contributed by atoms with Crippen molar-refractivity contribution in [3.8, 4) is 16.9 Å². The first-order valence-corrected chi connectivity index (χ1v) is 14.0. The van der Waals surface area contributed by atoms with Crippen LogP contribution in [-0.4, -0.2) is 65.0 Å². The van der Waals surface area contributed by atoms with Gasteiger partial charge in [-0.25, -0.2) is 15.2 Å². The number of anilines is 2. The van der Waals surface area contributed by atoms with Gasteiger partial charge in [0.05, 0.1) is 30.1 Å². The third kappa shape index (κ3) is 6.58. The topological polar surface area (TPSA) is 146 Å². The van der Waals surface area contributed by atoms with Crippen LogP contribution in [0, 0.1) is 11.6 Å². The second-order valence-electron chi connectivity index (χ2n) is 10.3. The monoisotopic (exact) mass is 569 g/mol. The molecule has 0 aliphatic carbocycles. The highest BCUT2D eigenvalue weighted by atomic mass is 19.2. The van der Waals surface area contributed by atoms with Gasteiger partial charge in [0.25, 0.3) is 0 Å². The summed E-state index contributed by atoms with van der Waals surface area (Å²) in [6.45, 7) is 4.90. The average Bonchev–Trinajstić information content (AvgIpc) is 3.70. The minimum atomic E-state index is -1.19. The lowest BCUT2D eigenvalue weighted by Crippen LogP contribution is -2.40. The van der Waals surface area contributed by atoms with Crippen molar-refractivity contribution in [2.45, 2.75) is 44.6 Å². The number of halogens is 2. The van der Waals surface area contributed by atoms with E-state index in [1.165, 1.54) is 25.0 Å². The SMILES string of the molecule is N/N=C(/c1cc(-c2cnn(C3CCOCC3)c2)cnc1N)N(N)c1ccc(OCCCCN2CCCC2)c(F)c1F. The van der Waals surface area contributed by atoms with Crippen molar-refractivity contribution in [3.63, 3.8) is 0 Å². The minimum absolute atomic E-state index is 0.0694. The zero-order chi connectivity index (χ0) is 28.8. The molecule has 2 aliphatic rings. The Kier molecular flexibility index (Phi) is 9.27. The van der Waals surface area contributed by atoms with E-state index >= 15 is 4.39 Å². The maximum absolute atomic E-state index is 15.2. The summed E-state index contributed by atoms with van der Waals surface area (Å²) < 4.78 is 43.0. The third-order valence-electron chi connectivity index (χ3n) is 7.62. The number of unbranched alkanes of at least 4 members (excludes halogenated alkanes) is 1. The van der Waals surface area contributed by atoms with Crippen LogP contribution >= 0.6 is 0 Å². The number of hydrazone groups is 1. The number of pyridine rings is 1. The molecule has 6 N–H and O–H groups in total. The molecule has 2 aromatic heterocycles. The first-order chi connectivity index (χ1) is 20.0. The van der Waals surface area contributed by atoms with Gasteiger partial charge in [0.1, 0.15) is 5.82 Å². The zero-order valence-electron chi connectivity index (χ0n) is 23.0. The van der Waals surface area contributed by atoms with Gasteiger partial charge in [0.15, 0.2) is 17.4 Å². The predicted octanol–water partition coefficient (Wildman–Crippen LogP) is 3.41. The maximum atomic E-state index is 15.2. The molecule has 13 heteroatoms. The van der Waals surface area contributed by atoms with Crippen LogP contribution in [0.15, 0.2) is 41.9 Å². The van der Waals surface area contributed by atoms with E-state index in [-0.39, 0.29) is 41.3 Å². The number of likely N-dealkylation sites (tertiary alicyclic amines) is 1. The Balaban J connectivity index is 1.28. The number of aromatic nitrogens is 3. The number of hydrazine groups is 1. The number of amidine groups is 1. The lowest BCUT2D eigenvalue weighted by Gasteiger charge is -2.22. The summed E-state index contributed by atoms with van der Waals surface area (Å²) in [7, 11) is 0. The molecule has 41 heavy (non-hydrogen) atoms. The van der Waals surface area contributed by atoms with Crippen LogP contribution in [-0.2, 0) is 4.74 Å². The molecule has 4 heterocycles. The lowest BCUT2D eigenvalue weighted by molar-refractivity contribution is 0.0662. The molecule has 0 spiro atoms. The number of ether oxygens (including phenoxy) is 2. The normalized spacial score (nSPS) is 16.8. The van der Waals surface area contributed by atoms with Crippen molar-refractivity contribution in [1.29, 1.82) is 0 Å². The van der Waals surface area contributed by atoms with Gasteiger partial charge in [-0.1, -0.05) is 0 Å².